The van der Waals surface area contributed by atoms with Crippen LogP contribution in [0.1, 0.15) is 56.7 Å². The number of carbonyl (C=O) groups excluding carboxylic acids is 1. The maximum absolute atomic E-state index is 13.3. The number of anilines is 1. The van der Waals surface area contributed by atoms with Gasteiger partial charge in [-0.05, 0) is 98.4 Å². The minimum absolute atomic E-state index is 0.112. The Morgan fingerprint density at radius 3 is 2.22 bits per heavy atom. The van der Waals surface area contributed by atoms with Gasteiger partial charge in [-0.2, -0.15) is 0 Å². The highest BCUT2D eigenvalue weighted by molar-refractivity contribution is 7.89. The smallest absolute Gasteiger partial charge is 0.306 e. The van der Waals surface area contributed by atoms with Crippen molar-refractivity contribution >= 4 is 50.2 Å². The van der Waals surface area contributed by atoms with Gasteiger partial charge in [0.1, 0.15) is 11.3 Å². The van der Waals surface area contributed by atoms with Gasteiger partial charge >= 0.3 is 5.97 Å². The molecule has 1 aromatic heterocycles. The quantitative estimate of drug-likeness (QED) is 0.160. The minimum Gasteiger partial charge on any atom is -0.489 e. The van der Waals surface area contributed by atoms with Crippen molar-refractivity contribution in [3.8, 4) is 16.9 Å². The first-order valence-corrected chi connectivity index (χ1v) is 17.3. The maximum atomic E-state index is 13.3. The van der Waals surface area contributed by atoms with E-state index in [4.69, 9.17) is 20.8 Å². The van der Waals surface area contributed by atoms with Gasteiger partial charge in [0.15, 0.2) is 5.76 Å². The van der Waals surface area contributed by atoms with E-state index in [0.29, 0.717) is 45.8 Å². The number of amides is 1. The molecular weight excluding hydrogens is 628 g/mol. The van der Waals surface area contributed by atoms with E-state index in [-0.39, 0.29) is 40.1 Å². The summed E-state index contributed by atoms with van der Waals surface area (Å²) in [7, 11) is -3.84. The SMILES string of the molecule is Cc1c(C(=O)Nc2ccc(-c3ccc(S(=O)(=O)N[C@@H]4C5C(C(=O)O)CC[C@]54C(C)C)cc3)cc2)oc2ccc(Cl)c(OC(C)C)c12. The van der Waals surface area contributed by atoms with Gasteiger partial charge in [-0.1, -0.05) is 49.7 Å². The molecule has 4 aromatic rings. The highest BCUT2D eigenvalue weighted by atomic mass is 35.5. The molecule has 9 nitrogen and oxygen atoms in total. The van der Waals surface area contributed by atoms with Crippen molar-refractivity contribution < 1.29 is 32.3 Å². The molecule has 2 saturated carbocycles. The van der Waals surface area contributed by atoms with Crippen LogP contribution in [0.25, 0.3) is 22.1 Å². The normalized spacial score (nSPS) is 22.3. The number of rotatable bonds is 10. The van der Waals surface area contributed by atoms with Crippen LogP contribution in [0.15, 0.2) is 70.0 Å². The van der Waals surface area contributed by atoms with Gasteiger partial charge in [0.2, 0.25) is 10.0 Å². The molecule has 1 amide bonds. The summed E-state index contributed by atoms with van der Waals surface area (Å²) >= 11 is 6.39. The summed E-state index contributed by atoms with van der Waals surface area (Å²) in [6, 6.07) is 16.8. The number of hydrogen-bond acceptors (Lipinski definition) is 6. The van der Waals surface area contributed by atoms with E-state index in [1.165, 1.54) is 0 Å². The summed E-state index contributed by atoms with van der Waals surface area (Å²) < 4.78 is 41.3. The molecular formula is C35H37ClN2O7S. The van der Waals surface area contributed by atoms with Gasteiger partial charge in [-0.3, -0.25) is 9.59 Å². The number of fused-ring (bicyclic) bond motifs is 2. The fraction of sp³-hybridized carbons (Fsp3) is 0.371. The van der Waals surface area contributed by atoms with Crippen molar-refractivity contribution in [3.05, 3.63) is 77.0 Å². The second-order valence-corrected chi connectivity index (χ2v) is 15.0. The minimum atomic E-state index is -3.84. The molecule has 2 unspecified atom stereocenters. The van der Waals surface area contributed by atoms with Gasteiger partial charge in [0, 0.05) is 17.3 Å². The van der Waals surface area contributed by atoms with E-state index in [0.717, 1.165) is 11.1 Å². The first-order chi connectivity index (χ1) is 21.7. The Bertz CT molecular complexity index is 1930. The Morgan fingerprint density at radius 1 is 1.00 bits per heavy atom. The molecule has 2 aliphatic rings. The van der Waals surface area contributed by atoms with Gasteiger partial charge < -0.3 is 19.6 Å². The number of carboxylic acid groups (broad SMARTS) is 1. The van der Waals surface area contributed by atoms with Crippen LogP contribution >= 0.6 is 11.6 Å². The summed E-state index contributed by atoms with van der Waals surface area (Å²) in [5, 5.41) is 13.6. The number of aliphatic carboxylic acids is 1. The number of halogens is 1. The molecule has 0 radical (unpaired) electrons. The van der Waals surface area contributed by atoms with Crippen LogP contribution < -0.4 is 14.8 Å². The largest absolute Gasteiger partial charge is 0.489 e. The fourth-order valence-corrected chi connectivity index (χ4v) is 8.87. The predicted molar refractivity (Wildman–Crippen MR) is 177 cm³/mol. The highest BCUT2D eigenvalue weighted by Gasteiger charge is 2.73. The van der Waals surface area contributed by atoms with Crippen LogP contribution in [0.2, 0.25) is 5.02 Å². The average Bonchev–Trinajstić information content (AvgIpc) is 3.27. The first kappa shape index (κ1) is 32.1. The van der Waals surface area contributed by atoms with Crippen LogP contribution in [-0.2, 0) is 14.8 Å². The molecule has 1 heterocycles. The second kappa shape index (κ2) is 11.7. The Hall–Kier alpha value is -3.86. The van der Waals surface area contributed by atoms with E-state index in [1.54, 1.807) is 55.5 Å². The lowest BCUT2D eigenvalue weighted by Crippen LogP contribution is -2.33. The van der Waals surface area contributed by atoms with Crippen molar-refractivity contribution in [3.63, 3.8) is 0 Å². The zero-order chi connectivity index (χ0) is 33.1. The number of carboxylic acids is 1. The van der Waals surface area contributed by atoms with E-state index < -0.39 is 27.8 Å². The molecule has 242 valence electrons. The van der Waals surface area contributed by atoms with Crippen LogP contribution in [0.5, 0.6) is 5.75 Å². The Balaban J connectivity index is 1.14. The van der Waals surface area contributed by atoms with E-state index in [2.05, 4.69) is 10.0 Å². The lowest BCUT2D eigenvalue weighted by molar-refractivity contribution is -0.142. The van der Waals surface area contributed by atoms with Crippen molar-refractivity contribution in [2.45, 2.75) is 64.5 Å². The Labute approximate surface area is 273 Å². The summed E-state index contributed by atoms with van der Waals surface area (Å²) in [6.45, 7) is 9.65. The van der Waals surface area contributed by atoms with E-state index in [9.17, 15) is 23.1 Å². The van der Waals surface area contributed by atoms with Crippen LogP contribution in [-0.4, -0.2) is 37.5 Å². The molecule has 6 rings (SSSR count). The average molecular weight is 665 g/mol. The van der Waals surface area contributed by atoms with Crippen LogP contribution in [0, 0.1) is 30.1 Å². The zero-order valence-electron chi connectivity index (χ0n) is 26.3. The molecule has 0 spiro atoms. The standard InChI is InChI=1S/C35H37ClN2O7S/c1-18(2)35-17-16-25(34(40)41)29(35)32(35)38-46(42,43)24-12-8-22(9-13-24)21-6-10-23(11-7-21)37-33(39)30-20(5)28-27(45-30)15-14-26(36)31(28)44-19(3)4/h6-15,18-19,25,29,32,38H,16-17H2,1-5H3,(H,37,39)(H,40,41)/t25?,29?,32-,35+/m1/s1. The maximum Gasteiger partial charge on any atom is 0.306 e. The number of sulfonamides is 1. The summed E-state index contributed by atoms with van der Waals surface area (Å²) in [4.78, 5) is 25.1. The summed E-state index contributed by atoms with van der Waals surface area (Å²) in [5.41, 5.74) is 3.00. The highest BCUT2D eigenvalue weighted by Crippen LogP contribution is 2.69. The lowest BCUT2D eigenvalue weighted by Gasteiger charge is -2.20. The monoisotopic (exact) mass is 664 g/mol. The van der Waals surface area contributed by atoms with E-state index in [1.807, 2.05) is 39.8 Å². The third kappa shape index (κ3) is 5.46. The van der Waals surface area contributed by atoms with E-state index >= 15 is 0 Å². The number of furan rings is 1. The fourth-order valence-electron chi connectivity index (χ4n) is 7.34. The first-order valence-electron chi connectivity index (χ1n) is 15.4. The van der Waals surface area contributed by atoms with Gasteiger partial charge in [-0.25, -0.2) is 13.1 Å². The number of hydrogen-bond donors (Lipinski definition) is 3. The number of carbonyl (C=O) groups is 2. The molecule has 2 fully saturated rings. The van der Waals surface area contributed by atoms with Crippen molar-refractivity contribution in [2.24, 2.45) is 23.2 Å². The molecule has 4 atom stereocenters. The lowest BCUT2D eigenvalue weighted by atomic mass is 9.89. The second-order valence-electron chi connectivity index (χ2n) is 12.9. The molecule has 2 aliphatic carbocycles. The topological polar surface area (TPSA) is 135 Å². The van der Waals surface area contributed by atoms with Crippen LogP contribution in [0.4, 0.5) is 5.69 Å². The molecule has 3 N–H and O–H groups in total. The van der Waals surface area contributed by atoms with Crippen LogP contribution in [0.3, 0.4) is 0 Å². The Kier molecular flexibility index (Phi) is 8.19. The van der Waals surface area contributed by atoms with Crippen molar-refractivity contribution in [1.82, 2.24) is 4.72 Å². The van der Waals surface area contributed by atoms with Crippen molar-refractivity contribution in [2.75, 3.05) is 5.32 Å². The molecule has 11 heteroatoms. The van der Waals surface area contributed by atoms with Crippen molar-refractivity contribution in [1.29, 1.82) is 0 Å². The number of benzene rings is 3. The Morgan fingerprint density at radius 2 is 1.63 bits per heavy atom. The predicted octanol–water partition coefficient (Wildman–Crippen LogP) is 7.51. The number of nitrogens with one attached hydrogen (secondary N) is 2. The van der Waals surface area contributed by atoms with Gasteiger partial charge in [0.05, 0.1) is 27.3 Å². The molecule has 0 saturated heterocycles. The number of aryl methyl sites for hydroxylation is 1. The van der Waals surface area contributed by atoms with Gasteiger partial charge in [-0.15, -0.1) is 0 Å². The molecule has 0 aliphatic heterocycles. The third-order valence-corrected chi connectivity index (χ3v) is 11.4. The summed E-state index contributed by atoms with van der Waals surface area (Å²) in [5.74, 6) is -1.17. The molecule has 3 aromatic carbocycles. The third-order valence-electron chi connectivity index (χ3n) is 9.65. The molecule has 0 bridgehead atoms. The summed E-state index contributed by atoms with van der Waals surface area (Å²) in [6.07, 6.45) is 1.17. The van der Waals surface area contributed by atoms with Gasteiger partial charge in [0.25, 0.3) is 5.91 Å². The molecule has 46 heavy (non-hydrogen) atoms. The number of ether oxygens (including phenoxy) is 1. The zero-order valence-corrected chi connectivity index (χ0v) is 27.8.